The fourth-order valence-electron chi connectivity index (χ4n) is 2.42. The van der Waals surface area contributed by atoms with Crippen molar-refractivity contribution in [3.63, 3.8) is 0 Å². The summed E-state index contributed by atoms with van der Waals surface area (Å²) in [6.45, 7) is 9.15. The lowest BCUT2D eigenvalue weighted by atomic mass is 10.2. The molecule has 5 heteroatoms. The summed E-state index contributed by atoms with van der Waals surface area (Å²) in [6, 6.07) is 2.25. The van der Waals surface area contributed by atoms with Gasteiger partial charge in [-0.25, -0.2) is 4.98 Å². The summed E-state index contributed by atoms with van der Waals surface area (Å²) in [5.74, 6) is 1.81. The molecule has 1 aliphatic rings. The Bertz CT molecular complexity index is 483. The molecule has 0 amide bonds. The monoisotopic (exact) mass is 260 g/mol. The highest BCUT2D eigenvalue weighted by Crippen LogP contribution is 2.23. The average Bonchev–Trinajstić information content (AvgIpc) is 2.39. The van der Waals surface area contributed by atoms with Crippen LogP contribution in [0.1, 0.15) is 19.4 Å². The van der Waals surface area contributed by atoms with E-state index in [1.165, 1.54) is 0 Å². The van der Waals surface area contributed by atoms with Gasteiger partial charge in [-0.1, -0.05) is 0 Å². The van der Waals surface area contributed by atoms with Crippen LogP contribution in [0.2, 0.25) is 0 Å². The molecular formula is C14H20N4O. The lowest BCUT2D eigenvalue weighted by Crippen LogP contribution is -2.50. The van der Waals surface area contributed by atoms with E-state index in [2.05, 4.69) is 23.0 Å². The largest absolute Gasteiger partial charge is 0.492 e. The minimum absolute atomic E-state index is 0.228. The molecule has 1 saturated heterocycles. The zero-order chi connectivity index (χ0) is 13.8. The predicted molar refractivity (Wildman–Crippen MR) is 74.1 cm³/mol. The third kappa shape index (κ3) is 2.90. The molecule has 1 aromatic rings. The summed E-state index contributed by atoms with van der Waals surface area (Å²) in [5.41, 5.74) is 1.11. The highest BCUT2D eigenvalue weighted by Gasteiger charge is 2.24. The smallest absolute Gasteiger partial charge is 0.179 e. The van der Waals surface area contributed by atoms with E-state index >= 15 is 0 Å². The molecule has 2 heterocycles. The van der Waals surface area contributed by atoms with Crippen LogP contribution in [0.3, 0.4) is 0 Å². The van der Waals surface area contributed by atoms with Gasteiger partial charge < -0.3 is 14.5 Å². The molecule has 0 saturated carbocycles. The molecule has 0 N–H and O–H groups in total. The van der Waals surface area contributed by atoms with Crippen LogP contribution >= 0.6 is 0 Å². The van der Waals surface area contributed by atoms with Gasteiger partial charge in [0, 0.05) is 19.6 Å². The van der Waals surface area contributed by atoms with E-state index in [4.69, 9.17) is 10.00 Å². The molecule has 0 aliphatic carbocycles. The zero-order valence-electron chi connectivity index (χ0n) is 11.8. The van der Waals surface area contributed by atoms with Crippen LogP contribution < -0.4 is 9.64 Å². The number of piperazine rings is 1. The Hall–Kier alpha value is -1.96. The van der Waals surface area contributed by atoms with Gasteiger partial charge in [0.2, 0.25) is 0 Å². The Morgan fingerprint density at radius 2 is 2.32 bits per heavy atom. The molecule has 1 atom stereocenters. The van der Waals surface area contributed by atoms with Crippen molar-refractivity contribution in [2.45, 2.75) is 26.8 Å². The molecule has 102 valence electrons. The standard InChI is InChI=1S/C14H20N4O/c1-4-19-13-7-11(2)14(16-8-13)17-5-6-18(10-15)12(3)9-17/h7-8,12H,4-6,9H2,1-3H3/t12-/m0/s1. The van der Waals surface area contributed by atoms with Gasteiger partial charge in [0.15, 0.2) is 6.19 Å². The second-order valence-corrected chi connectivity index (χ2v) is 4.83. The van der Waals surface area contributed by atoms with Gasteiger partial charge in [-0.15, -0.1) is 0 Å². The van der Waals surface area contributed by atoms with E-state index in [0.29, 0.717) is 6.61 Å². The van der Waals surface area contributed by atoms with Crippen molar-refractivity contribution in [1.29, 1.82) is 5.26 Å². The lowest BCUT2D eigenvalue weighted by Gasteiger charge is -2.38. The second kappa shape index (κ2) is 5.79. The number of nitriles is 1. The molecule has 0 bridgehead atoms. The number of pyridine rings is 1. The van der Waals surface area contributed by atoms with Crippen molar-refractivity contribution in [2.75, 3.05) is 31.1 Å². The number of anilines is 1. The minimum atomic E-state index is 0.228. The van der Waals surface area contributed by atoms with Crippen molar-refractivity contribution in [2.24, 2.45) is 0 Å². The number of rotatable bonds is 3. The van der Waals surface area contributed by atoms with E-state index in [1.54, 1.807) is 6.20 Å². The molecule has 1 aromatic heterocycles. The Morgan fingerprint density at radius 3 is 2.89 bits per heavy atom. The maximum atomic E-state index is 8.99. The van der Waals surface area contributed by atoms with Crippen molar-refractivity contribution in [3.8, 4) is 11.9 Å². The molecule has 0 unspecified atom stereocenters. The minimum Gasteiger partial charge on any atom is -0.492 e. The van der Waals surface area contributed by atoms with Crippen molar-refractivity contribution < 1.29 is 4.74 Å². The van der Waals surface area contributed by atoms with Crippen LogP contribution in [0, 0.1) is 18.4 Å². The Morgan fingerprint density at radius 1 is 1.53 bits per heavy atom. The van der Waals surface area contributed by atoms with Crippen LogP contribution in [0.15, 0.2) is 12.3 Å². The maximum absolute atomic E-state index is 8.99. The van der Waals surface area contributed by atoms with Gasteiger partial charge in [-0.3, -0.25) is 0 Å². The number of hydrogen-bond donors (Lipinski definition) is 0. The van der Waals surface area contributed by atoms with Crippen LogP contribution in [0.4, 0.5) is 5.82 Å². The van der Waals surface area contributed by atoms with Crippen LogP contribution in [-0.2, 0) is 0 Å². The highest BCUT2D eigenvalue weighted by atomic mass is 16.5. The van der Waals surface area contributed by atoms with Gasteiger partial charge in [0.05, 0.1) is 18.8 Å². The van der Waals surface area contributed by atoms with E-state index in [9.17, 15) is 0 Å². The summed E-state index contributed by atoms with van der Waals surface area (Å²) < 4.78 is 5.45. The van der Waals surface area contributed by atoms with Gasteiger partial charge >= 0.3 is 0 Å². The van der Waals surface area contributed by atoms with E-state index < -0.39 is 0 Å². The molecule has 5 nitrogen and oxygen atoms in total. The third-order valence-electron chi connectivity index (χ3n) is 3.39. The molecule has 19 heavy (non-hydrogen) atoms. The number of aryl methyl sites for hydroxylation is 1. The second-order valence-electron chi connectivity index (χ2n) is 4.83. The highest BCUT2D eigenvalue weighted by molar-refractivity contribution is 5.49. The van der Waals surface area contributed by atoms with Crippen molar-refractivity contribution in [1.82, 2.24) is 9.88 Å². The van der Waals surface area contributed by atoms with Crippen LogP contribution in [-0.4, -0.2) is 42.2 Å². The summed E-state index contributed by atoms with van der Waals surface area (Å²) in [4.78, 5) is 8.56. The van der Waals surface area contributed by atoms with Gasteiger partial charge in [-0.2, -0.15) is 5.26 Å². The molecule has 0 spiro atoms. The third-order valence-corrected chi connectivity index (χ3v) is 3.39. The Labute approximate surface area is 114 Å². The van der Waals surface area contributed by atoms with Crippen LogP contribution in [0.5, 0.6) is 5.75 Å². The van der Waals surface area contributed by atoms with E-state index in [1.807, 2.05) is 24.8 Å². The summed E-state index contributed by atoms with van der Waals surface area (Å²) in [7, 11) is 0. The first-order chi connectivity index (χ1) is 9.15. The predicted octanol–water partition coefficient (Wildman–Crippen LogP) is 1.78. The average molecular weight is 260 g/mol. The first-order valence-electron chi connectivity index (χ1n) is 6.66. The molecule has 1 fully saturated rings. The van der Waals surface area contributed by atoms with Crippen molar-refractivity contribution in [3.05, 3.63) is 17.8 Å². The van der Waals surface area contributed by atoms with E-state index in [-0.39, 0.29) is 6.04 Å². The number of nitrogens with zero attached hydrogens (tertiary/aromatic N) is 4. The molecule has 0 aromatic carbocycles. The van der Waals surface area contributed by atoms with Crippen molar-refractivity contribution >= 4 is 5.82 Å². The van der Waals surface area contributed by atoms with Crippen LogP contribution in [0.25, 0.3) is 0 Å². The molecular weight excluding hydrogens is 240 g/mol. The SMILES string of the molecule is CCOc1cnc(N2CCN(C#N)[C@@H](C)C2)c(C)c1. The zero-order valence-corrected chi connectivity index (χ0v) is 11.8. The normalized spacial score (nSPS) is 19.2. The van der Waals surface area contributed by atoms with Gasteiger partial charge in [0.1, 0.15) is 11.6 Å². The lowest BCUT2D eigenvalue weighted by molar-refractivity contribution is 0.277. The molecule has 1 aliphatic heterocycles. The summed E-state index contributed by atoms with van der Waals surface area (Å²) in [5, 5.41) is 8.99. The topological polar surface area (TPSA) is 52.4 Å². The van der Waals surface area contributed by atoms with Gasteiger partial charge in [0.25, 0.3) is 0 Å². The quantitative estimate of drug-likeness (QED) is 0.775. The number of ether oxygens (including phenoxy) is 1. The molecule has 2 rings (SSSR count). The number of hydrogen-bond acceptors (Lipinski definition) is 5. The number of aromatic nitrogens is 1. The first kappa shape index (κ1) is 13.5. The van der Waals surface area contributed by atoms with E-state index in [0.717, 1.165) is 36.8 Å². The summed E-state index contributed by atoms with van der Waals surface area (Å²) in [6.07, 6.45) is 4.00. The first-order valence-corrected chi connectivity index (χ1v) is 6.66. The maximum Gasteiger partial charge on any atom is 0.179 e. The summed E-state index contributed by atoms with van der Waals surface area (Å²) >= 11 is 0. The Balaban J connectivity index is 2.13. The Kier molecular flexibility index (Phi) is 4.10. The fraction of sp³-hybridized carbons (Fsp3) is 0.571. The van der Waals surface area contributed by atoms with Gasteiger partial charge in [-0.05, 0) is 32.4 Å². The fourth-order valence-corrected chi connectivity index (χ4v) is 2.42. The molecule has 0 radical (unpaired) electrons.